The summed E-state index contributed by atoms with van der Waals surface area (Å²) in [4.78, 5) is 27.5. The van der Waals surface area contributed by atoms with Crippen LogP contribution >= 0.6 is 0 Å². The van der Waals surface area contributed by atoms with Gasteiger partial charge in [-0.15, -0.1) is 0 Å². The Kier molecular flexibility index (Phi) is 8.55. The molecule has 1 unspecified atom stereocenters. The van der Waals surface area contributed by atoms with Crippen LogP contribution in [-0.2, 0) is 9.59 Å². The second-order valence-corrected chi connectivity index (χ2v) is 6.62. The van der Waals surface area contributed by atoms with E-state index in [9.17, 15) is 9.59 Å². The summed E-state index contributed by atoms with van der Waals surface area (Å²) in [5.74, 6) is -1.37. The molecule has 0 spiro atoms. The lowest BCUT2D eigenvalue weighted by molar-refractivity contribution is -0.145. The van der Waals surface area contributed by atoms with Crippen LogP contribution in [0.25, 0.3) is 0 Å². The molecule has 0 saturated carbocycles. The van der Waals surface area contributed by atoms with Gasteiger partial charge in [-0.2, -0.15) is 0 Å². The number of carbonyl (C=O) groups excluding carboxylic acids is 1. The predicted molar refractivity (Wildman–Crippen MR) is 85.2 cm³/mol. The van der Waals surface area contributed by atoms with Crippen LogP contribution in [0.4, 0.5) is 0 Å². The van der Waals surface area contributed by atoms with Gasteiger partial charge in [0.1, 0.15) is 0 Å². The monoisotopic (exact) mass is 300 g/mol. The molecule has 1 N–H and O–H groups in total. The largest absolute Gasteiger partial charge is 0.481 e. The van der Waals surface area contributed by atoms with Crippen LogP contribution in [0.15, 0.2) is 0 Å². The lowest BCUT2D eigenvalue weighted by Crippen LogP contribution is -2.44. The van der Waals surface area contributed by atoms with E-state index in [1.165, 1.54) is 0 Å². The minimum atomic E-state index is -0.856. The predicted octanol–water partition coefficient (Wildman–Crippen LogP) is 2.31. The average Bonchev–Trinajstić information content (AvgIpc) is 2.40. The SMILES string of the molecule is CCN(CC)CCCN(CC(C)C(=O)O)C(=O)C(C)(C)C. The zero-order chi connectivity index (χ0) is 16.6. The fourth-order valence-electron chi connectivity index (χ4n) is 2.18. The number of carboxylic acids is 1. The van der Waals surface area contributed by atoms with Gasteiger partial charge >= 0.3 is 5.97 Å². The molecule has 0 aliphatic carbocycles. The number of hydrogen-bond donors (Lipinski definition) is 1. The topological polar surface area (TPSA) is 60.9 Å². The van der Waals surface area contributed by atoms with E-state index >= 15 is 0 Å². The number of nitrogens with zero attached hydrogens (tertiary/aromatic N) is 2. The number of amides is 1. The second kappa shape index (κ2) is 9.03. The summed E-state index contributed by atoms with van der Waals surface area (Å²) in [6.07, 6.45) is 0.871. The van der Waals surface area contributed by atoms with Crippen LogP contribution in [0, 0.1) is 11.3 Å². The normalized spacial score (nSPS) is 13.3. The van der Waals surface area contributed by atoms with Crippen molar-refractivity contribution in [2.75, 3.05) is 32.7 Å². The first kappa shape index (κ1) is 19.9. The van der Waals surface area contributed by atoms with Crippen molar-refractivity contribution in [2.45, 2.75) is 48.0 Å². The Morgan fingerprint density at radius 2 is 1.62 bits per heavy atom. The summed E-state index contributed by atoms with van der Waals surface area (Å²) in [5, 5.41) is 9.06. The maximum atomic E-state index is 12.5. The molecule has 5 nitrogen and oxygen atoms in total. The first-order chi connectivity index (χ1) is 9.63. The minimum absolute atomic E-state index is 0.0233. The smallest absolute Gasteiger partial charge is 0.308 e. The van der Waals surface area contributed by atoms with E-state index in [2.05, 4.69) is 18.7 Å². The molecule has 0 saturated heterocycles. The highest BCUT2D eigenvalue weighted by Crippen LogP contribution is 2.18. The highest BCUT2D eigenvalue weighted by molar-refractivity contribution is 5.82. The second-order valence-electron chi connectivity index (χ2n) is 6.62. The van der Waals surface area contributed by atoms with Gasteiger partial charge in [-0.3, -0.25) is 9.59 Å². The standard InChI is InChI=1S/C16H32N2O3/c1-7-17(8-2)10-9-11-18(12-13(3)14(19)20)15(21)16(4,5)6/h13H,7-12H2,1-6H3,(H,19,20). The summed E-state index contributed by atoms with van der Waals surface area (Å²) in [5.41, 5.74) is -0.479. The van der Waals surface area contributed by atoms with Crippen LogP contribution in [0.5, 0.6) is 0 Å². The van der Waals surface area contributed by atoms with Crippen molar-refractivity contribution in [2.24, 2.45) is 11.3 Å². The third-order valence-electron chi connectivity index (χ3n) is 3.64. The van der Waals surface area contributed by atoms with Crippen LogP contribution in [0.2, 0.25) is 0 Å². The van der Waals surface area contributed by atoms with Crippen LogP contribution in [-0.4, -0.2) is 59.5 Å². The molecule has 0 aromatic heterocycles. The van der Waals surface area contributed by atoms with E-state index in [0.717, 1.165) is 26.1 Å². The average molecular weight is 300 g/mol. The molecule has 0 aliphatic heterocycles. The molecule has 0 aromatic carbocycles. The molecule has 0 aliphatic rings. The van der Waals surface area contributed by atoms with Crippen molar-refractivity contribution in [1.29, 1.82) is 0 Å². The number of aliphatic carboxylic acids is 1. The van der Waals surface area contributed by atoms with Crippen molar-refractivity contribution in [3.8, 4) is 0 Å². The molecule has 124 valence electrons. The summed E-state index contributed by atoms with van der Waals surface area (Å²) >= 11 is 0. The Labute approximate surface area is 129 Å². The van der Waals surface area contributed by atoms with E-state index < -0.39 is 17.3 Å². The van der Waals surface area contributed by atoms with Gasteiger partial charge in [-0.1, -0.05) is 41.5 Å². The van der Waals surface area contributed by atoms with Crippen LogP contribution < -0.4 is 0 Å². The molecule has 1 amide bonds. The van der Waals surface area contributed by atoms with E-state index in [4.69, 9.17) is 5.11 Å². The van der Waals surface area contributed by atoms with E-state index in [1.54, 1.807) is 11.8 Å². The maximum absolute atomic E-state index is 12.5. The molecule has 0 rings (SSSR count). The summed E-state index contributed by atoms with van der Waals surface area (Å²) in [6, 6.07) is 0. The first-order valence-corrected chi connectivity index (χ1v) is 7.88. The zero-order valence-electron chi connectivity index (χ0n) is 14.5. The minimum Gasteiger partial charge on any atom is -0.481 e. The van der Waals surface area contributed by atoms with Crippen molar-refractivity contribution < 1.29 is 14.7 Å². The maximum Gasteiger partial charge on any atom is 0.308 e. The zero-order valence-corrected chi connectivity index (χ0v) is 14.5. The highest BCUT2D eigenvalue weighted by Gasteiger charge is 2.29. The molecule has 0 fully saturated rings. The Morgan fingerprint density at radius 3 is 2.00 bits per heavy atom. The van der Waals surface area contributed by atoms with Crippen molar-refractivity contribution >= 4 is 11.9 Å². The molecule has 1 atom stereocenters. The van der Waals surface area contributed by atoms with Gasteiger partial charge in [0.15, 0.2) is 0 Å². The fourth-order valence-corrected chi connectivity index (χ4v) is 2.18. The van der Waals surface area contributed by atoms with Gasteiger partial charge in [-0.05, 0) is 26.1 Å². The van der Waals surface area contributed by atoms with Crippen molar-refractivity contribution in [3.63, 3.8) is 0 Å². The van der Waals surface area contributed by atoms with E-state index in [0.29, 0.717) is 6.54 Å². The molecule has 5 heteroatoms. The van der Waals surface area contributed by atoms with Crippen LogP contribution in [0.1, 0.15) is 48.0 Å². The molecule has 0 bridgehead atoms. The van der Waals surface area contributed by atoms with Gasteiger partial charge in [0.2, 0.25) is 5.91 Å². The molecule has 0 aromatic rings. The van der Waals surface area contributed by atoms with E-state index in [1.807, 2.05) is 20.8 Å². The summed E-state index contributed by atoms with van der Waals surface area (Å²) in [6.45, 7) is 15.3. The number of carbonyl (C=O) groups is 2. The van der Waals surface area contributed by atoms with Gasteiger partial charge in [0.05, 0.1) is 5.92 Å². The van der Waals surface area contributed by atoms with Gasteiger partial charge in [0, 0.05) is 18.5 Å². The van der Waals surface area contributed by atoms with Crippen molar-refractivity contribution in [3.05, 3.63) is 0 Å². The summed E-state index contributed by atoms with van der Waals surface area (Å²) in [7, 11) is 0. The first-order valence-electron chi connectivity index (χ1n) is 7.88. The lowest BCUT2D eigenvalue weighted by Gasteiger charge is -2.31. The van der Waals surface area contributed by atoms with Crippen molar-refractivity contribution in [1.82, 2.24) is 9.80 Å². The van der Waals surface area contributed by atoms with E-state index in [-0.39, 0.29) is 12.5 Å². The van der Waals surface area contributed by atoms with Gasteiger partial charge in [-0.25, -0.2) is 0 Å². The third-order valence-corrected chi connectivity index (χ3v) is 3.64. The number of rotatable bonds is 9. The molecular weight excluding hydrogens is 268 g/mol. The molecule has 0 radical (unpaired) electrons. The Morgan fingerprint density at radius 1 is 1.10 bits per heavy atom. The van der Waals surface area contributed by atoms with Gasteiger partial charge < -0.3 is 14.9 Å². The highest BCUT2D eigenvalue weighted by atomic mass is 16.4. The third kappa shape index (κ3) is 7.46. The molecule has 0 heterocycles. The molecule has 21 heavy (non-hydrogen) atoms. The summed E-state index contributed by atoms with van der Waals surface area (Å²) < 4.78 is 0. The number of carboxylic acid groups (broad SMARTS) is 1. The fraction of sp³-hybridized carbons (Fsp3) is 0.875. The lowest BCUT2D eigenvalue weighted by atomic mass is 9.94. The Bertz CT molecular complexity index is 333. The van der Waals surface area contributed by atoms with Crippen LogP contribution in [0.3, 0.4) is 0 Å². The van der Waals surface area contributed by atoms with Gasteiger partial charge in [0.25, 0.3) is 0 Å². The molecular formula is C16H32N2O3. The Balaban J connectivity index is 4.66. The number of hydrogen-bond acceptors (Lipinski definition) is 3. The Hall–Kier alpha value is -1.10. The quantitative estimate of drug-likeness (QED) is 0.710.